The summed E-state index contributed by atoms with van der Waals surface area (Å²) in [5.74, 6) is 0. The zero-order valence-corrected chi connectivity index (χ0v) is 18.0. The molecule has 0 bridgehead atoms. The summed E-state index contributed by atoms with van der Waals surface area (Å²) in [6.07, 6.45) is 7.04. The number of fused-ring (bicyclic) bond motifs is 3. The average Bonchev–Trinajstić information content (AvgIpc) is 3.23. The molecule has 4 aromatic heterocycles. The van der Waals surface area contributed by atoms with E-state index in [1.54, 1.807) is 53.6 Å². The highest BCUT2D eigenvalue weighted by Gasteiger charge is 2.20. The second-order valence-electron chi connectivity index (χ2n) is 7.39. The van der Waals surface area contributed by atoms with E-state index in [-0.39, 0.29) is 10.8 Å². The van der Waals surface area contributed by atoms with Gasteiger partial charge in [-0.15, -0.1) is 0 Å². The van der Waals surface area contributed by atoms with Crippen LogP contribution in [0.1, 0.15) is 5.56 Å². The van der Waals surface area contributed by atoms with Crippen LogP contribution in [-0.2, 0) is 25.4 Å². The molecular weight excluding hydrogens is 416 g/mol. The molecule has 9 heteroatoms. The van der Waals surface area contributed by atoms with Gasteiger partial charge in [0.1, 0.15) is 5.69 Å². The molecule has 0 fully saturated rings. The molecule has 4 heterocycles. The maximum atomic E-state index is 13.1. The lowest BCUT2D eigenvalue weighted by Gasteiger charge is -2.08. The SMILES string of the molecule is COCc1cncc(-c2ccc3ncc4c(c3c2)n(-c2cn(C)nc2Cl)c(=O)n4C)c1. The van der Waals surface area contributed by atoms with E-state index in [0.29, 0.717) is 17.8 Å². The van der Waals surface area contributed by atoms with Crippen LogP contribution in [0.2, 0.25) is 5.15 Å². The fourth-order valence-corrected chi connectivity index (χ4v) is 4.14. The van der Waals surface area contributed by atoms with Gasteiger partial charge in [0.2, 0.25) is 0 Å². The molecule has 0 atom stereocenters. The summed E-state index contributed by atoms with van der Waals surface area (Å²) >= 11 is 6.35. The van der Waals surface area contributed by atoms with Gasteiger partial charge in [0.05, 0.1) is 35.6 Å². The average molecular weight is 435 g/mol. The summed E-state index contributed by atoms with van der Waals surface area (Å²) in [5, 5.41) is 5.29. The number of pyridine rings is 2. The van der Waals surface area contributed by atoms with Crippen molar-refractivity contribution in [3.8, 4) is 16.8 Å². The standard InChI is InChI=1S/C22H19ClN6O2/c1-27-11-19(21(23)26-27)29-20-16-7-14(15-6-13(12-31-3)8-24-9-15)4-5-17(16)25-10-18(20)28(2)22(29)30/h4-11H,12H2,1-3H3. The summed E-state index contributed by atoms with van der Waals surface area (Å²) in [6.45, 7) is 0.484. The minimum atomic E-state index is -0.214. The number of aryl methyl sites for hydroxylation is 2. The summed E-state index contributed by atoms with van der Waals surface area (Å²) in [5.41, 5.74) is 5.43. The van der Waals surface area contributed by atoms with Gasteiger partial charge in [-0.1, -0.05) is 17.7 Å². The third-order valence-corrected chi connectivity index (χ3v) is 5.60. The molecule has 0 aliphatic rings. The summed E-state index contributed by atoms with van der Waals surface area (Å²) < 4.78 is 9.98. The van der Waals surface area contributed by atoms with E-state index in [9.17, 15) is 4.79 Å². The summed E-state index contributed by atoms with van der Waals surface area (Å²) in [7, 11) is 5.15. The van der Waals surface area contributed by atoms with Crippen LogP contribution in [0.15, 0.2) is 53.8 Å². The molecule has 1 aromatic carbocycles. The lowest BCUT2D eigenvalue weighted by molar-refractivity contribution is 0.184. The van der Waals surface area contributed by atoms with E-state index >= 15 is 0 Å². The van der Waals surface area contributed by atoms with Crippen molar-refractivity contribution in [1.29, 1.82) is 0 Å². The molecule has 0 amide bonds. The molecule has 156 valence electrons. The molecule has 0 N–H and O–H groups in total. The van der Waals surface area contributed by atoms with Crippen molar-refractivity contribution in [3.63, 3.8) is 0 Å². The molecule has 8 nitrogen and oxygen atoms in total. The number of rotatable bonds is 4. The summed E-state index contributed by atoms with van der Waals surface area (Å²) in [4.78, 5) is 22.0. The second-order valence-corrected chi connectivity index (χ2v) is 7.75. The maximum Gasteiger partial charge on any atom is 0.333 e. The van der Waals surface area contributed by atoms with Gasteiger partial charge in [0.15, 0.2) is 5.15 Å². The van der Waals surface area contributed by atoms with Crippen molar-refractivity contribution < 1.29 is 4.74 Å². The highest BCUT2D eigenvalue weighted by atomic mass is 35.5. The zero-order chi connectivity index (χ0) is 21.7. The van der Waals surface area contributed by atoms with E-state index < -0.39 is 0 Å². The normalized spacial score (nSPS) is 11.6. The molecule has 0 spiro atoms. The van der Waals surface area contributed by atoms with Crippen LogP contribution in [0.3, 0.4) is 0 Å². The van der Waals surface area contributed by atoms with Crippen LogP contribution in [0.5, 0.6) is 0 Å². The van der Waals surface area contributed by atoms with Gasteiger partial charge in [0.25, 0.3) is 0 Å². The van der Waals surface area contributed by atoms with Crippen molar-refractivity contribution in [2.75, 3.05) is 7.11 Å². The molecule has 31 heavy (non-hydrogen) atoms. The first kappa shape index (κ1) is 19.5. The number of ether oxygens (including phenoxy) is 1. The minimum absolute atomic E-state index is 0.214. The summed E-state index contributed by atoms with van der Waals surface area (Å²) in [6, 6.07) is 8.01. The quantitative estimate of drug-likeness (QED) is 0.432. The molecule has 0 aliphatic heterocycles. The highest BCUT2D eigenvalue weighted by molar-refractivity contribution is 6.31. The number of aromatic nitrogens is 6. The van der Waals surface area contributed by atoms with Crippen LogP contribution in [0.25, 0.3) is 38.8 Å². The highest BCUT2D eigenvalue weighted by Crippen LogP contribution is 2.31. The van der Waals surface area contributed by atoms with Crippen LogP contribution >= 0.6 is 11.6 Å². The Balaban J connectivity index is 1.83. The fourth-order valence-electron chi connectivity index (χ4n) is 3.89. The Kier molecular flexibility index (Phi) is 4.60. The lowest BCUT2D eigenvalue weighted by atomic mass is 10.0. The van der Waals surface area contributed by atoms with Crippen molar-refractivity contribution >= 4 is 33.5 Å². The van der Waals surface area contributed by atoms with Gasteiger partial charge in [0, 0.05) is 44.5 Å². The van der Waals surface area contributed by atoms with Crippen LogP contribution in [-0.4, -0.2) is 36.0 Å². The molecule has 0 saturated carbocycles. The number of hydrogen-bond donors (Lipinski definition) is 0. The Morgan fingerprint density at radius 1 is 1.10 bits per heavy atom. The Morgan fingerprint density at radius 3 is 2.68 bits per heavy atom. The first-order chi connectivity index (χ1) is 15.0. The fraction of sp³-hybridized carbons (Fsp3) is 0.182. The van der Waals surface area contributed by atoms with Gasteiger partial charge in [-0.2, -0.15) is 5.10 Å². The molecule has 0 saturated heterocycles. The molecule has 0 aliphatic carbocycles. The number of hydrogen-bond acceptors (Lipinski definition) is 5. The molecule has 5 rings (SSSR count). The molecule has 0 radical (unpaired) electrons. The van der Waals surface area contributed by atoms with Crippen LogP contribution in [0, 0.1) is 0 Å². The Morgan fingerprint density at radius 2 is 1.94 bits per heavy atom. The van der Waals surface area contributed by atoms with Crippen LogP contribution in [0.4, 0.5) is 0 Å². The van der Waals surface area contributed by atoms with Gasteiger partial charge in [-0.05, 0) is 29.3 Å². The monoisotopic (exact) mass is 434 g/mol. The third-order valence-electron chi connectivity index (χ3n) is 5.33. The van der Waals surface area contributed by atoms with E-state index in [2.05, 4.69) is 15.1 Å². The largest absolute Gasteiger partial charge is 0.380 e. The van der Waals surface area contributed by atoms with E-state index in [1.165, 1.54) is 0 Å². The smallest absolute Gasteiger partial charge is 0.333 e. The van der Waals surface area contributed by atoms with Crippen molar-refractivity contribution in [3.05, 3.63) is 70.3 Å². The first-order valence-electron chi connectivity index (χ1n) is 9.61. The predicted octanol–water partition coefficient (Wildman–Crippen LogP) is 3.47. The van der Waals surface area contributed by atoms with Crippen molar-refractivity contribution in [1.82, 2.24) is 28.9 Å². The van der Waals surface area contributed by atoms with Crippen molar-refractivity contribution in [2.45, 2.75) is 6.61 Å². The van der Waals surface area contributed by atoms with E-state index in [1.807, 2.05) is 30.5 Å². The second kappa shape index (κ2) is 7.33. The van der Waals surface area contributed by atoms with E-state index in [4.69, 9.17) is 16.3 Å². The number of nitrogens with zero attached hydrogens (tertiary/aromatic N) is 6. The number of halogens is 1. The van der Waals surface area contributed by atoms with Gasteiger partial charge < -0.3 is 4.74 Å². The maximum absolute atomic E-state index is 13.1. The number of methoxy groups -OCH3 is 1. The van der Waals surface area contributed by atoms with Gasteiger partial charge in [-0.3, -0.25) is 23.8 Å². The number of imidazole rings is 1. The molecular formula is C22H19ClN6O2. The first-order valence-corrected chi connectivity index (χ1v) is 9.98. The van der Waals surface area contributed by atoms with Gasteiger partial charge >= 0.3 is 5.69 Å². The third kappa shape index (κ3) is 3.11. The van der Waals surface area contributed by atoms with Crippen LogP contribution < -0.4 is 5.69 Å². The van der Waals surface area contributed by atoms with Gasteiger partial charge in [-0.25, -0.2) is 4.79 Å². The minimum Gasteiger partial charge on any atom is -0.380 e. The Labute approximate surface area is 182 Å². The topological polar surface area (TPSA) is 79.8 Å². The lowest BCUT2D eigenvalue weighted by Crippen LogP contribution is -2.20. The van der Waals surface area contributed by atoms with Crippen molar-refractivity contribution in [2.24, 2.45) is 14.1 Å². The Hall–Kier alpha value is -3.49. The molecule has 0 unspecified atom stereocenters. The molecule has 5 aromatic rings. The predicted molar refractivity (Wildman–Crippen MR) is 120 cm³/mol. The van der Waals surface area contributed by atoms with E-state index in [0.717, 1.165) is 33.1 Å². The Bertz CT molecular complexity index is 1510. The zero-order valence-electron chi connectivity index (χ0n) is 17.2. The number of benzene rings is 1.